The van der Waals surface area contributed by atoms with Crippen molar-refractivity contribution in [3.05, 3.63) is 112 Å². The number of rotatable bonds is 7. The van der Waals surface area contributed by atoms with E-state index >= 15 is 0 Å². The molecule has 0 amide bonds. The van der Waals surface area contributed by atoms with Crippen LogP contribution in [-0.4, -0.2) is 36.0 Å². The first-order valence-corrected chi connectivity index (χ1v) is 12.1. The fraction of sp³-hybridized carbons (Fsp3) is 0.240. The van der Waals surface area contributed by atoms with Crippen LogP contribution in [0.3, 0.4) is 0 Å². The van der Waals surface area contributed by atoms with Gasteiger partial charge in [-0.2, -0.15) is 4.31 Å². The third-order valence-electron chi connectivity index (χ3n) is 6.09. The Kier molecular flexibility index (Phi) is 6.40. The Balaban J connectivity index is 1.76. The predicted molar refractivity (Wildman–Crippen MR) is 124 cm³/mol. The lowest BCUT2D eigenvalue weighted by Gasteiger charge is -2.24. The van der Waals surface area contributed by atoms with Gasteiger partial charge in [-0.25, -0.2) is 8.42 Å². The molecule has 0 N–H and O–H groups in total. The van der Waals surface area contributed by atoms with Crippen LogP contribution >= 0.6 is 0 Å². The number of benzene rings is 3. The molecule has 8 heteroatoms. The standard InChI is InChI=1S/C25H24N2O5S/c1-18-12-14-22(15-13-18)33(31,32)26-17-21(16-23(28)19-8-4-2-5-9-19)25(27(29)30)24(26)20-10-6-3-7-11-20/h2-15,21,24-25H,16-17H2,1H3/t21-,24-,25+/m1/s1. The number of hydrogen-bond acceptors (Lipinski definition) is 5. The molecule has 0 bridgehead atoms. The van der Waals surface area contributed by atoms with Gasteiger partial charge in [-0.05, 0) is 24.6 Å². The molecule has 1 aliphatic rings. The zero-order valence-corrected chi connectivity index (χ0v) is 18.9. The van der Waals surface area contributed by atoms with Crippen LogP contribution in [0.1, 0.15) is 33.9 Å². The van der Waals surface area contributed by atoms with E-state index in [9.17, 15) is 23.3 Å². The van der Waals surface area contributed by atoms with E-state index in [0.29, 0.717) is 11.1 Å². The zero-order valence-electron chi connectivity index (χ0n) is 18.1. The van der Waals surface area contributed by atoms with Gasteiger partial charge in [0.25, 0.3) is 0 Å². The SMILES string of the molecule is Cc1ccc(S(=O)(=O)N2C[C@@H](CC(=O)c3ccccc3)[C@H]([N+](=O)[O-])[C@H]2c2ccccc2)cc1. The predicted octanol–water partition coefficient (Wildman–Crippen LogP) is 4.28. The molecule has 0 unspecified atom stereocenters. The summed E-state index contributed by atoms with van der Waals surface area (Å²) in [6, 6.07) is 21.3. The van der Waals surface area contributed by atoms with E-state index in [1.54, 1.807) is 72.8 Å². The van der Waals surface area contributed by atoms with Crippen LogP contribution in [0.4, 0.5) is 0 Å². The lowest BCUT2D eigenvalue weighted by molar-refractivity contribution is -0.532. The fourth-order valence-electron chi connectivity index (χ4n) is 4.44. The number of sulfonamides is 1. The minimum atomic E-state index is -4.03. The number of nitro groups is 1. The maximum Gasteiger partial charge on any atom is 0.243 e. The number of nitrogens with zero attached hydrogens (tertiary/aromatic N) is 2. The van der Waals surface area contributed by atoms with E-state index in [4.69, 9.17) is 0 Å². The zero-order chi connectivity index (χ0) is 23.6. The number of Topliss-reactive ketones (excluding diaryl/α,β-unsaturated/α-hetero) is 1. The molecule has 1 saturated heterocycles. The maximum atomic E-state index is 13.6. The Bertz CT molecular complexity index is 1240. The van der Waals surface area contributed by atoms with Crippen LogP contribution in [0.5, 0.6) is 0 Å². The lowest BCUT2D eigenvalue weighted by Crippen LogP contribution is -2.36. The quantitative estimate of drug-likeness (QED) is 0.295. The van der Waals surface area contributed by atoms with Gasteiger partial charge in [0.15, 0.2) is 5.78 Å². The summed E-state index contributed by atoms with van der Waals surface area (Å²) in [5.74, 6) is -1.01. The highest BCUT2D eigenvalue weighted by Gasteiger charge is 2.55. The van der Waals surface area contributed by atoms with Crippen LogP contribution in [-0.2, 0) is 10.0 Å². The summed E-state index contributed by atoms with van der Waals surface area (Å²) < 4.78 is 28.4. The molecule has 170 valence electrons. The monoisotopic (exact) mass is 464 g/mol. The first kappa shape index (κ1) is 22.8. The van der Waals surface area contributed by atoms with Crippen LogP contribution < -0.4 is 0 Å². The smallest absolute Gasteiger partial charge is 0.243 e. The molecule has 3 atom stereocenters. The van der Waals surface area contributed by atoms with Crippen LogP contribution in [0.15, 0.2) is 89.8 Å². The second-order valence-electron chi connectivity index (χ2n) is 8.27. The lowest BCUT2D eigenvalue weighted by atomic mass is 9.89. The highest BCUT2D eigenvalue weighted by Crippen LogP contribution is 2.42. The summed E-state index contributed by atoms with van der Waals surface area (Å²) in [4.78, 5) is 24.8. The van der Waals surface area contributed by atoms with Crippen molar-refractivity contribution < 1.29 is 18.1 Å². The minimum Gasteiger partial charge on any atom is -0.294 e. The molecular weight excluding hydrogens is 440 g/mol. The summed E-state index contributed by atoms with van der Waals surface area (Å²) >= 11 is 0. The second kappa shape index (κ2) is 9.25. The van der Waals surface area contributed by atoms with Crippen molar-refractivity contribution in [2.45, 2.75) is 30.3 Å². The van der Waals surface area contributed by atoms with Gasteiger partial charge in [0.1, 0.15) is 6.04 Å². The van der Waals surface area contributed by atoms with Crippen LogP contribution in [0.2, 0.25) is 0 Å². The summed E-state index contributed by atoms with van der Waals surface area (Å²) in [6.45, 7) is 1.74. The molecule has 1 fully saturated rings. The number of carbonyl (C=O) groups is 1. The van der Waals surface area contributed by atoms with Crippen LogP contribution in [0.25, 0.3) is 0 Å². The summed E-state index contributed by atoms with van der Waals surface area (Å²) in [6.07, 6.45) is -0.112. The molecular formula is C25H24N2O5S. The normalized spacial score (nSPS) is 21.1. The van der Waals surface area contributed by atoms with Crippen molar-refractivity contribution in [1.29, 1.82) is 0 Å². The van der Waals surface area contributed by atoms with E-state index < -0.39 is 32.9 Å². The number of carbonyl (C=O) groups excluding carboxylic acids is 1. The molecule has 3 aromatic rings. The number of hydrogen-bond donors (Lipinski definition) is 0. The molecule has 0 aliphatic carbocycles. The van der Waals surface area contributed by atoms with Crippen LogP contribution in [0, 0.1) is 23.0 Å². The Morgan fingerprint density at radius 1 is 0.970 bits per heavy atom. The summed E-state index contributed by atoms with van der Waals surface area (Å²) in [5.41, 5.74) is 1.89. The minimum absolute atomic E-state index is 0.0752. The Morgan fingerprint density at radius 3 is 2.12 bits per heavy atom. The first-order chi connectivity index (χ1) is 15.8. The molecule has 4 rings (SSSR count). The first-order valence-electron chi connectivity index (χ1n) is 10.6. The van der Waals surface area contributed by atoms with Gasteiger partial charge in [-0.3, -0.25) is 14.9 Å². The molecule has 0 aromatic heterocycles. The van der Waals surface area contributed by atoms with E-state index in [2.05, 4.69) is 0 Å². The van der Waals surface area contributed by atoms with Gasteiger partial charge in [0.2, 0.25) is 16.1 Å². The van der Waals surface area contributed by atoms with Gasteiger partial charge in [0, 0.05) is 29.4 Å². The molecule has 3 aromatic carbocycles. The van der Waals surface area contributed by atoms with E-state index in [1.165, 1.54) is 16.4 Å². The van der Waals surface area contributed by atoms with Crippen molar-refractivity contribution in [3.63, 3.8) is 0 Å². The Hall–Kier alpha value is -3.36. The fourth-order valence-corrected chi connectivity index (χ4v) is 6.12. The molecule has 33 heavy (non-hydrogen) atoms. The number of aryl methyl sites for hydroxylation is 1. The van der Waals surface area contributed by atoms with E-state index in [0.717, 1.165) is 5.56 Å². The van der Waals surface area contributed by atoms with E-state index in [1.807, 2.05) is 6.92 Å². The molecule has 0 saturated carbocycles. The molecule has 7 nitrogen and oxygen atoms in total. The van der Waals surface area contributed by atoms with Gasteiger partial charge < -0.3 is 0 Å². The Labute approximate surface area is 192 Å². The van der Waals surface area contributed by atoms with Crippen molar-refractivity contribution in [3.8, 4) is 0 Å². The van der Waals surface area contributed by atoms with Gasteiger partial charge >= 0.3 is 0 Å². The summed E-state index contributed by atoms with van der Waals surface area (Å²) in [7, 11) is -4.03. The van der Waals surface area contributed by atoms with E-state index in [-0.39, 0.29) is 23.6 Å². The van der Waals surface area contributed by atoms with Gasteiger partial charge in [-0.15, -0.1) is 0 Å². The average Bonchev–Trinajstić information content (AvgIpc) is 3.21. The average molecular weight is 465 g/mol. The third kappa shape index (κ3) is 4.58. The third-order valence-corrected chi connectivity index (χ3v) is 7.95. The topological polar surface area (TPSA) is 97.6 Å². The van der Waals surface area contributed by atoms with Crippen molar-refractivity contribution in [1.82, 2.24) is 4.31 Å². The van der Waals surface area contributed by atoms with Gasteiger partial charge in [-0.1, -0.05) is 78.4 Å². The van der Waals surface area contributed by atoms with Crippen molar-refractivity contribution in [2.24, 2.45) is 5.92 Å². The molecule has 1 heterocycles. The second-order valence-corrected chi connectivity index (χ2v) is 10.2. The van der Waals surface area contributed by atoms with Crippen molar-refractivity contribution >= 4 is 15.8 Å². The Morgan fingerprint density at radius 2 is 1.55 bits per heavy atom. The van der Waals surface area contributed by atoms with Crippen molar-refractivity contribution in [2.75, 3.05) is 6.54 Å². The molecule has 1 aliphatic heterocycles. The maximum absolute atomic E-state index is 13.6. The molecule has 0 radical (unpaired) electrons. The largest absolute Gasteiger partial charge is 0.294 e. The number of ketones is 1. The molecule has 0 spiro atoms. The highest BCUT2D eigenvalue weighted by molar-refractivity contribution is 7.89. The highest BCUT2D eigenvalue weighted by atomic mass is 32.2. The summed E-state index contributed by atoms with van der Waals surface area (Å²) in [5, 5.41) is 12.2. The van der Waals surface area contributed by atoms with Gasteiger partial charge in [0.05, 0.1) is 4.90 Å².